The molecule has 2 aromatic rings. The van der Waals surface area contributed by atoms with E-state index in [4.69, 9.17) is 0 Å². The van der Waals surface area contributed by atoms with Gasteiger partial charge in [0.1, 0.15) is 6.33 Å². The van der Waals surface area contributed by atoms with Crippen LogP contribution in [0.5, 0.6) is 0 Å². The number of aromatic nitrogens is 3. The predicted octanol–water partition coefficient (Wildman–Crippen LogP) is 1.27. The van der Waals surface area contributed by atoms with E-state index >= 15 is 0 Å². The van der Waals surface area contributed by atoms with Crippen LogP contribution in [0.4, 0.5) is 0 Å². The lowest BCUT2D eigenvalue weighted by molar-refractivity contribution is -0.126. The zero-order valence-corrected chi connectivity index (χ0v) is 12.7. The quantitative estimate of drug-likeness (QED) is 0.892. The van der Waals surface area contributed by atoms with Crippen molar-refractivity contribution in [2.24, 2.45) is 5.92 Å². The SMILES string of the molecule is C[C@H]1C[C@@H](C(=O)NCc2nncn2-c2ccccc2)CCN1. The van der Waals surface area contributed by atoms with Crippen LogP contribution in [-0.4, -0.2) is 33.3 Å². The monoisotopic (exact) mass is 299 g/mol. The van der Waals surface area contributed by atoms with E-state index in [1.54, 1.807) is 6.33 Å². The summed E-state index contributed by atoms with van der Waals surface area (Å²) in [6, 6.07) is 10.3. The molecule has 0 bridgehead atoms. The second-order valence-corrected chi connectivity index (χ2v) is 5.75. The Morgan fingerprint density at radius 3 is 3.00 bits per heavy atom. The van der Waals surface area contributed by atoms with E-state index < -0.39 is 0 Å². The highest BCUT2D eigenvalue weighted by Gasteiger charge is 2.24. The van der Waals surface area contributed by atoms with Crippen molar-refractivity contribution in [3.8, 4) is 5.69 Å². The molecule has 116 valence electrons. The molecule has 0 spiro atoms. The molecular formula is C16H21N5O. The summed E-state index contributed by atoms with van der Waals surface area (Å²) in [5.74, 6) is 0.932. The molecule has 1 aromatic heterocycles. The Hall–Kier alpha value is -2.21. The maximum absolute atomic E-state index is 12.3. The molecule has 0 aliphatic carbocycles. The van der Waals surface area contributed by atoms with Gasteiger partial charge in [0, 0.05) is 17.6 Å². The van der Waals surface area contributed by atoms with Crippen molar-refractivity contribution in [1.82, 2.24) is 25.4 Å². The number of nitrogens with one attached hydrogen (secondary N) is 2. The number of para-hydroxylation sites is 1. The first kappa shape index (κ1) is 14.7. The smallest absolute Gasteiger partial charge is 0.223 e. The third-order valence-electron chi connectivity index (χ3n) is 4.07. The number of hydrogen-bond acceptors (Lipinski definition) is 4. The lowest BCUT2D eigenvalue weighted by Crippen LogP contribution is -2.42. The molecule has 1 aliphatic heterocycles. The third kappa shape index (κ3) is 3.33. The molecule has 1 amide bonds. The summed E-state index contributed by atoms with van der Waals surface area (Å²) >= 11 is 0. The van der Waals surface area contributed by atoms with Gasteiger partial charge in [-0.05, 0) is 38.4 Å². The molecule has 22 heavy (non-hydrogen) atoms. The number of piperidine rings is 1. The van der Waals surface area contributed by atoms with Gasteiger partial charge in [0.2, 0.25) is 5.91 Å². The zero-order chi connectivity index (χ0) is 15.4. The zero-order valence-electron chi connectivity index (χ0n) is 12.7. The van der Waals surface area contributed by atoms with Gasteiger partial charge in [-0.1, -0.05) is 18.2 Å². The number of rotatable bonds is 4. The van der Waals surface area contributed by atoms with Crippen molar-refractivity contribution in [1.29, 1.82) is 0 Å². The van der Waals surface area contributed by atoms with Crippen LogP contribution >= 0.6 is 0 Å². The minimum Gasteiger partial charge on any atom is -0.349 e. The summed E-state index contributed by atoms with van der Waals surface area (Å²) in [6.07, 6.45) is 3.45. The third-order valence-corrected chi connectivity index (χ3v) is 4.07. The fourth-order valence-electron chi connectivity index (χ4n) is 2.86. The standard InChI is InChI=1S/C16H21N5O/c1-12-9-13(7-8-17-12)16(22)18-10-15-20-19-11-21(15)14-5-3-2-4-6-14/h2-6,11-13,17H,7-10H2,1H3,(H,18,22)/t12-,13-/m0/s1. The van der Waals surface area contributed by atoms with Crippen molar-refractivity contribution in [2.45, 2.75) is 32.4 Å². The lowest BCUT2D eigenvalue weighted by atomic mass is 9.92. The number of hydrogen-bond donors (Lipinski definition) is 2. The number of carbonyl (C=O) groups excluding carboxylic acids is 1. The highest BCUT2D eigenvalue weighted by Crippen LogP contribution is 2.16. The predicted molar refractivity (Wildman–Crippen MR) is 83.4 cm³/mol. The molecule has 2 N–H and O–H groups in total. The summed E-state index contributed by atoms with van der Waals surface area (Å²) in [4.78, 5) is 12.3. The summed E-state index contributed by atoms with van der Waals surface area (Å²) < 4.78 is 1.89. The summed E-state index contributed by atoms with van der Waals surface area (Å²) in [6.45, 7) is 3.41. The molecular weight excluding hydrogens is 278 g/mol. The molecule has 0 unspecified atom stereocenters. The van der Waals surface area contributed by atoms with E-state index in [1.165, 1.54) is 0 Å². The van der Waals surface area contributed by atoms with E-state index in [0.717, 1.165) is 30.9 Å². The Morgan fingerprint density at radius 2 is 2.23 bits per heavy atom. The minimum absolute atomic E-state index is 0.0874. The first-order chi connectivity index (χ1) is 10.7. The molecule has 2 atom stereocenters. The minimum atomic E-state index is 0.0874. The van der Waals surface area contributed by atoms with E-state index in [-0.39, 0.29) is 11.8 Å². The molecule has 2 heterocycles. The second kappa shape index (κ2) is 6.70. The van der Waals surface area contributed by atoms with Crippen LogP contribution in [-0.2, 0) is 11.3 Å². The van der Waals surface area contributed by atoms with Crippen LogP contribution in [0.15, 0.2) is 36.7 Å². The van der Waals surface area contributed by atoms with Crippen molar-refractivity contribution in [3.63, 3.8) is 0 Å². The highest BCUT2D eigenvalue weighted by atomic mass is 16.1. The fraction of sp³-hybridized carbons (Fsp3) is 0.438. The summed E-state index contributed by atoms with van der Waals surface area (Å²) in [5, 5.41) is 14.4. The highest BCUT2D eigenvalue weighted by molar-refractivity contribution is 5.78. The van der Waals surface area contributed by atoms with Gasteiger partial charge in [-0.3, -0.25) is 9.36 Å². The molecule has 0 radical (unpaired) electrons. The van der Waals surface area contributed by atoms with Crippen LogP contribution in [0.2, 0.25) is 0 Å². The van der Waals surface area contributed by atoms with Crippen molar-refractivity contribution < 1.29 is 4.79 Å². The van der Waals surface area contributed by atoms with Gasteiger partial charge >= 0.3 is 0 Å². The number of nitrogens with zero attached hydrogens (tertiary/aromatic N) is 3. The van der Waals surface area contributed by atoms with Crippen LogP contribution in [0.1, 0.15) is 25.6 Å². The molecule has 6 nitrogen and oxygen atoms in total. The average Bonchev–Trinajstić information content (AvgIpc) is 3.02. The maximum atomic E-state index is 12.3. The van der Waals surface area contributed by atoms with Crippen LogP contribution in [0.3, 0.4) is 0 Å². The first-order valence-electron chi connectivity index (χ1n) is 7.69. The molecule has 6 heteroatoms. The summed E-state index contributed by atoms with van der Waals surface area (Å²) in [7, 11) is 0. The van der Waals surface area contributed by atoms with Gasteiger partial charge < -0.3 is 10.6 Å². The average molecular weight is 299 g/mol. The van der Waals surface area contributed by atoms with Crippen LogP contribution in [0, 0.1) is 5.92 Å². The van der Waals surface area contributed by atoms with Gasteiger partial charge in [-0.25, -0.2) is 0 Å². The molecule has 3 rings (SSSR count). The Bertz CT molecular complexity index is 624. The van der Waals surface area contributed by atoms with E-state index in [1.807, 2.05) is 34.9 Å². The first-order valence-corrected chi connectivity index (χ1v) is 7.69. The Labute approximate surface area is 129 Å². The van der Waals surface area contributed by atoms with E-state index in [0.29, 0.717) is 12.6 Å². The Morgan fingerprint density at radius 1 is 1.41 bits per heavy atom. The summed E-state index contributed by atoms with van der Waals surface area (Å²) in [5.41, 5.74) is 0.993. The molecule has 1 fully saturated rings. The van der Waals surface area contributed by atoms with Gasteiger partial charge in [0.25, 0.3) is 0 Å². The number of amides is 1. The largest absolute Gasteiger partial charge is 0.349 e. The van der Waals surface area contributed by atoms with Gasteiger partial charge in [0.15, 0.2) is 5.82 Å². The maximum Gasteiger partial charge on any atom is 0.223 e. The van der Waals surface area contributed by atoms with Crippen LogP contribution < -0.4 is 10.6 Å². The van der Waals surface area contributed by atoms with Crippen molar-refractivity contribution >= 4 is 5.91 Å². The fourth-order valence-corrected chi connectivity index (χ4v) is 2.86. The normalized spacial score (nSPS) is 21.5. The van der Waals surface area contributed by atoms with E-state index in [9.17, 15) is 4.79 Å². The van der Waals surface area contributed by atoms with Crippen molar-refractivity contribution in [3.05, 3.63) is 42.5 Å². The lowest BCUT2D eigenvalue weighted by Gasteiger charge is -2.27. The van der Waals surface area contributed by atoms with Gasteiger partial charge in [-0.15, -0.1) is 10.2 Å². The van der Waals surface area contributed by atoms with Gasteiger partial charge in [-0.2, -0.15) is 0 Å². The van der Waals surface area contributed by atoms with E-state index in [2.05, 4.69) is 27.8 Å². The molecule has 0 saturated carbocycles. The Kier molecular flexibility index (Phi) is 4.48. The Balaban J connectivity index is 1.63. The number of carbonyl (C=O) groups is 1. The molecule has 1 saturated heterocycles. The molecule has 1 aliphatic rings. The molecule has 1 aromatic carbocycles. The van der Waals surface area contributed by atoms with Gasteiger partial charge in [0.05, 0.1) is 6.54 Å². The van der Waals surface area contributed by atoms with Crippen molar-refractivity contribution in [2.75, 3.05) is 6.54 Å². The topological polar surface area (TPSA) is 71.8 Å². The number of benzene rings is 1. The second-order valence-electron chi connectivity index (χ2n) is 5.75. The van der Waals surface area contributed by atoms with Crippen LogP contribution in [0.25, 0.3) is 5.69 Å².